The molecule has 1 heterocycles. The Kier molecular flexibility index (Phi) is 6.13. The molecule has 0 radical (unpaired) electrons. The number of unbranched alkanes of at least 4 members (excludes halogenated alkanes) is 1. The predicted octanol–water partition coefficient (Wildman–Crippen LogP) is 5.02. The molecule has 1 aromatic rings. The van der Waals surface area contributed by atoms with Crippen LogP contribution in [0.2, 0.25) is 24.2 Å². The van der Waals surface area contributed by atoms with Crippen LogP contribution >= 0.6 is 27.5 Å². The summed E-state index contributed by atoms with van der Waals surface area (Å²) in [5.41, 5.74) is 0.818. The van der Waals surface area contributed by atoms with Gasteiger partial charge in [0, 0.05) is 0 Å². The molecule has 0 fully saturated rings. The average molecular weight is 337 g/mol. The second-order valence-corrected chi connectivity index (χ2v) is 10.2. The lowest BCUT2D eigenvalue weighted by atomic mass is 10.4. The normalized spacial score (nSPS) is 11.8. The van der Waals surface area contributed by atoms with Crippen molar-refractivity contribution < 1.29 is 4.43 Å². The molecule has 0 saturated heterocycles. The number of pyridine rings is 1. The van der Waals surface area contributed by atoms with Gasteiger partial charge in [0.05, 0.1) is 17.3 Å². The maximum atomic E-state index is 6.08. The van der Waals surface area contributed by atoms with E-state index in [1.165, 1.54) is 18.9 Å². The highest BCUT2D eigenvalue weighted by atomic mass is 79.9. The molecular formula is C12H19BrClNOSi. The highest BCUT2D eigenvalue weighted by Gasteiger charge is 2.22. The molecule has 0 unspecified atom stereocenters. The zero-order valence-corrected chi connectivity index (χ0v) is 13.9. The van der Waals surface area contributed by atoms with Gasteiger partial charge >= 0.3 is 0 Å². The van der Waals surface area contributed by atoms with Gasteiger partial charge in [-0.25, -0.2) is 4.98 Å². The molecule has 0 amide bonds. The van der Waals surface area contributed by atoms with E-state index in [1.54, 1.807) is 0 Å². The van der Waals surface area contributed by atoms with Gasteiger partial charge in [0.1, 0.15) is 4.60 Å². The second kappa shape index (κ2) is 6.88. The van der Waals surface area contributed by atoms with Crippen LogP contribution in [0.3, 0.4) is 0 Å². The minimum atomic E-state index is -1.56. The second-order valence-electron chi connectivity index (χ2n) is 4.71. The number of aromatic nitrogens is 1. The maximum absolute atomic E-state index is 6.08. The standard InChI is InChI=1S/C12H19BrClNOSi/c1-4-5-8-17(2,3)16-9-11-10(14)6-7-12(13)15-11/h6-7H,4-5,8-9H2,1-3H3. The Bertz CT molecular complexity index is 374. The first-order valence-electron chi connectivity index (χ1n) is 5.89. The Morgan fingerprint density at radius 2 is 2.12 bits per heavy atom. The Balaban J connectivity index is 2.57. The molecule has 0 spiro atoms. The van der Waals surface area contributed by atoms with Crippen molar-refractivity contribution in [1.29, 1.82) is 0 Å². The van der Waals surface area contributed by atoms with Crippen LogP contribution in [0.25, 0.3) is 0 Å². The summed E-state index contributed by atoms with van der Waals surface area (Å²) < 4.78 is 6.82. The molecular weight excluding hydrogens is 318 g/mol. The van der Waals surface area contributed by atoms with Crippen LogP contribution < -0.4 is 0 Å². The van der Waals surface area contributed by atoms with Gasteiger partial charge in [-0.3, -0.25) is 0 Å². The van der Waals surface area contributed by atoms with Gasteiger partial charge in [-0.2, -0.15) is 0 Å². The van der Waals surface area contributed by atoms with Crippen LogP contribution in [-0.2, 0) is 11.0 Å². The van der Waals surface area contributed by atoms with Gasteiger partial charge < -0.3 is 4.43 Å². The van der Waals surface area contributed by atoms with Crippen molar-refractivity contribution in [3.05, 3.63) is 27.5 Å². The lowest BCUT2D eigenvalue weighted by Gasteiger charge is -2.22. The van der Waals surface area contributed by atoms with Gasteiger partial charge in [-0.1, -0.05) is 31.4 Å². The van der Waals surface area contributed by atoms with Gasteiger partial charge in [0.15, 0.2) is 8.32 Å². The van der Waals surface area contributed by atoms with E-state index in [2.05, 4.69) is 40.9 Å². The molecule has 0 aromatic carbocycles. The van der Waals surface area contributed by atoms with Crippen molar-refractivity contribution in [2.24, 2.45) is 0 Å². The monoisotopic (exact) mass is 335 g/mol. The summed E-state index contributed by atoms with van der Waals surface area (Å²) in [6.07, 6.45) is 2.45. The van der Waals surface area contributed by atoms with Gasteiger partial charge in [0.25, 0.3) is 0 Å². The maximum Gasteiger partial charge on any atom is 0.187 e. The SMILES string of the molecule is CCCC[Si](C)(C)OCc1nc(Br)ccc1Cl. The van der Waals surface area contributed by atoms with E-state index in [1.807, 2.05) is 12.1 Å². The molecule has 5 heteroatoms. The zero-order chi connectivity index (χ0) is 12.9. The lowest BCUT2D eigenvalue weighted by molar-refractivity contribution is 0.289. The molecule has 0 aliphatic carbocycles. The fourth-order valence-corrected chi connectivity index (χ4v) is 3.88. The molecule has 0 aliphatic heterocycles. The summed E-state index contributed by atoms with van der Waals surface area (Å²) >= 11 is 9.43. The van der Waals surface area contributed by atoms with E-state index in [9.17, 15) is 0 Å². The highest BCUT2D eigenvalue weighted by molar-refractivity contribution is 9.10. The van der Waals surface area contributed by atoms with Crippen LogP contribution in [0.4, 0.5) is 0 Å². The van der Waals surface area contributed by atoms with E-state index in [0.29, 0.717) is 11.6 Å². The molecule has 0 N–H and O–H groups in total. The van der Waals surface area contributed by atoms with Gasteiger partial charge in [0.2, 0.25) is 0 Å². The minimum absolute atomic E-state index is 0.515. The summed E-state index contributed by atoms with van der Waals surface area (Å²) in [6, 6.07) is 4.87. The minimum Gasteiger partial charge on any atom is -0.411 e. The zero-order valence-electron chi connectivity index (χ0n) is 10.6. The van der Waals surface area contributed by atoms with E-state index in [-0.39, 0.29) is 0 Å². The molecule has 0 atom stereocenters. The van der Waals surface area contributed by atoms with Crippen LogP contribution in [-0.4, -0.2) is 13.3 Å². The summed E-state index contributed by atoms with van der Waals surface area (Å²) in [5, 5.41) is 0.675. The number of halogens is 2. The quantitative estimate of drug-likeness (QED) is 0.537. The molecule has 2 nitrogen and oxygen atoms in total. The third-order valence-electron chi connectivity index (χ3n) is 2.62. The number of rotatable bonds is 6. The smallest absolute Gasteiger partial charge is 0.187 e. The average Bonchev–Trinajstić information content (AvgIpc) is 2.28. The molecule has 96 valence electrons. The number of nitrogens with zero attached hydrogens (tertiary/aromatic N) is 1. The van der Waals surface area contributed by atoms with Crippen molar-refractivity contribution in [3.8, 4) is 0 Å². The van der Waals surface area contributed by atoms with Crippen molar-refractivity contribution in [1.82, 2.24) is 4.98 Å². The van der Waals surface area contributed by atoms with Crippen molar-refractivity contribution in [2.75, 3.05) is 0 Å². The number of hydrogen-bond acceptors (Lipinski definition) is 2. The van der Waals surface area contributed by atoms with Gasteiger partial charge in [-0.05, 0) is 47.2 Å². The molecule has 1 rings (SSSR count). The summed E-state index contributed by atoms with van der Waals surface area (Å²) in [5.74, 6) is 0. The first-order valence-corrected chi connectivity index (χ1v) is 10.2. The number of hydrogen-bond donors (Lipinski definition) is 0. The summed E-state index contributed by atoms with van der Waals surface area (Å²) in [6.45, 7) is 7.21. The highest BCUT2D eigenvalue weighted by Crippen LogP contribution is 2.21. The fourth-order valence-electron chi connectivity index (χ4n) is 1.50. The Morgan fingerprint density at radius 3 is 2.76 bits per heavy atom. The molecule has 17 heavy (non-hydrogen) atoms. The third-order valence-corrected chi connectivity index (χ3v) is 5.89. The Morgan fingerprint density at radius 1 is 1.41 bits per heavy atom. The van der Waals surface area contributed by atoms with E-state index in [4.69, 9.17) is 16.0 Å². The Hall–Kier alpha value is 0.0969. The van der Waals surface area contributed by atoms with E-state index >= 15 is 0 Å². The van der Waals surface area contributed by atoms with E-state index in [0.717, 1.165) is 10.3 Å². The van der Waals surface area contributed by atoms with Crippen LogP contribution in [0, 0.1) is 0 Å². The van der Waals surface area contributed by atoms with Crippen molar-refractivity contribution in [3.63, 3.8) is 0 Å². The molecule has 0 saturated carbocycles. The Labute approximate surface area is 118 Å². The van der Waals surface area contributed by atoms with E-state index < -0.39 is 8.32 Å². The fraction of sp³-hybridized carbons (Fsp3) is 0.583. The topological polar surface area (TPSA) is 22.1 Å². The summed E-state index contributed by atoms with van der Waals surface area (Å²) in [4.78, 5) is 4.34. The third kappa shape index (κ3) is 5.51. The van der Waals surface area contributed by atoms with Crippen LogP contribution in [0.5, 0.6) is 0 Å². The van der Waals surface area contributed by atoms with Crippen molar-refractivity contribution in [2.45, 2.75) is 45.5 Å². The first-order chi connectivity index (χ1) is 7.94. The summed E-state index contributed by atoms with van der Waals surface area (Å²) in [7, 11) is -1.56. The largest absolute Gasteiger partial charge is 0.411 e. The van der Waals surface area contributed by atoms with Crippen LogP contribution in [0.1, 0.15) is 25.5 Å². The first kappa shape index (κ1) is 15.2. The van der Waals surface area contributed by atoms with Crippen molar-refractivity contribution >= 4 is 35.8 Å². The molecule has 0 bridgehead atoms. The van der Waals surface area contributed by atoms with Gasteiger partial charge in [-0.15, -0.1) is 0 Å². The molecule has 1 aromatic heterocycles. The lowest BCUT2D eigenvalue weighted by Crippen LogP contribution is -2.29. The van der Waals surface area contributed by atoms with Crippen LogP contribution in [0.15, 0.2) is 16.7 Å². The predicted molar refractivity (Wildman–Crippen MR) is 78.9 cm³/mol. The molecule has 0 aliphatic rings.